The molecular weight excluding hydrogens is 326 g/mol. The maximum absolute atomic E-state index is 12.0. The topological polar surface area (TPSA) is 56.2 Å². The van der Waals surface area contributed by atoms with Crippen LogP contribution >= 0.6 is 11.6 Å². The molecule has 2 aromatic rings. The summed E-state index contributed by atoms with van der Waals surface area (Å²) < 4.78 is 7.43. The Morgan fingerprint density at radius 3 is 2.96 bits per heavy atom. The number of nitrogens with zero attached hydrogens (tertiary/aromatic N) is 2. The van der Waals surface area contributed by atoms with Crippen molar-refractivity contribution in [3.63, 3.8) is 0 Å². The monoisotopic (exact) mass is 347 g/mol. The summed E-state index contributed by atoms with van der Waals surface area (Å²) in [5.41, 5.74) is 1.93. The van der Waals surface area contributed by atoms with Gasteiger partial charge in [0.15, 0.2) is 0 Å². The van der Waals surface area contributed by atoms with Crippen molar-refractivity contribution in [3.05, 3.63) is 47.2 Å². The summed E-state index contributed by atoms with van der Waals surface area (Å²) in [5, 5.41) is 7.91. The molecule has 1 aliphatic heterocycles. The van der Waals surface area contributed by atoms with Gasteiger partial charge in [-0.15, -0.1) is 0 Å². The molecule has 5 nitrogen and oxygen atoms in total. The van der Waals surface area contributed by atoms with Crippen LogP contribution in [0.25, 0.3) is 0 Å². The zero-order valence-corrected chi connectivity index (χ0v) is 14.3. The highest BCUT2D eigenvalue weighted by atomic mass is 35.5. The first-order valence-corrected chi connectivity index (χ1v) is 8.75. The summed E-state index contributed by atoms with van der Waals surface area (Å²) >= 11 is 5.86. The van der Waals surface area contributed by atoms with Crippen molar-refractivity contribution in [1.82, 2.24) is 9.78 Å². The number of carbonyl (C=O) groups excluding carboxylic acids is 1. The number of rotatable bonds is 7. The SMILES string of the molecule is O=C(CCCc1ccc(Cl)cc1)Nc1cnn(CC2CCCO2)c1. The number of nitrogens with one attached hydrogen (secondary N) is 1. The number of hydrogen-bond acceptors (Lipinski definition) is 3. The number of hydrogen-bond donors (Lipinski definition) is 1. The van der Waals surface area contributed by atoms with Crippen molar-refractivity contribution in [3.8, 4) is 0 Å². The Bertz CT molecular complexity index is 663. The third-order valence-electron chi connectivity index (χ3n) is 4.11. The van der Waals surface area contributed by atoms with Gasteiger partial charge in [0.1, 0.15) is 0 Å². The standard InChI is InChI=1S/C18H22ClN3O2/c19-15-8-6-14(7-9-15)3-1-5-18(23)21-16-11-20-22(12-16)13-17-4-2-10-24-17/h6-9,11-12,17H,1-5,10,13H2,(H,21,23). The smallest absolute Gasteiger partial charge is 0.224 e. The predicted octanol–water partition coefficient (Wildman–Crippen LogP) is 3.68. The molecule has 0 radical (unpaired) electrons. The highest BCUT2D eigenvalue weighted by Gasteiger charge is 2.16. The first kappa shape index (κ1) is 17.0. The van der Waals surface area contributed by atoms with Crippen LogP contribution in [0, 0.1) is 0 Å². The number of anilines is 1. The van der Waals surface area contributed by atoms with Crippen LogP contribution in [0.1, 0.15) is 31.2 Å². The summed E-state index contributed by atoms with van der Waals surface area (Å²) in [6, 6.07) is 7.74. The normalized spacial score (nSPS) is 17.1. The molecule has 1 fully saturated rings. The lowest BCUT2D eigenvalue weighted by molar-refractivity contribution is -0.116. The predicted molar refractivity (Wildman–Crippen MR) is 94.2 cm³/mol. The summed E-state index contributed by atoms with van der Waals surface area (Å²) in [5.74, 6) is 0.0145. The molecule has 1 aliphatic rings. The van der Waals surface area contributed by atoms with Gasteiger partial charge in [0, 0.05) is 24.2 Å². The summed E-state index contributed by atoms with van der Waals surface area (Å²) in [6.07, 6.45) is 8.13. The van der Waals surface area contributed by atoms with Crippen LogP contribution in [0.2, 0.25) is 5.02 Å². The third-order valence-corrected chi connectivity index (χ3v) is 4.37. The van der Waals surface area contributed by atoms with E-state index in [1.165, 1.54) is 5.56 Å². The average Bonchev–Trinajstić information content (AvgIpc) is 3.22. The van der Waals surface area contributed by atoms with Crippen LogP contribution in [0.4, 0.5) is 5.69 Å². The average molecular weight is 348 g/mol. The molecule has 1 N–H and O–H groups in total. The molecule has 1 atom stereocenters. The summed E-state index contributed by atoms with van der Waals surface area (Å²) in [6.45, 7) is 1.58. The molecule has 1 amide bonds. The number of carbonyl (C=O) groups is 1. The fraction of sp³-hybridized carbons (Fsp3) is 0.444. The van der Waals surface area contributed by atoms with Crippen molar-refractivity contribution in [1.29, 1.82) is 0 Å². The minimum Gasteiger partial charge on any atom is -0.376 e. The van der Waals surface area contributed by atoms with Crippen molar-refractivity contribution in [2.75, 3.05) is 11.9 Å². The molecule has 0 aliphatic carbocycles. The van der Waals surface area contributed by atoms with E-state index in [-0.39, 0.29) is 12.0 Å². The first-order chi connectivity index (χ1) is 11.7. The summed E-state index contributed by atoms with van der Waals surface area (Å²) in [4.78, 5) is 12.0. The highest BCUT2D eigenvalue weighted by molar-refractivity contribution is 6.30. The number of aryl methyl sites for hydroxylation is 1. The minimum absolute atomic E-state index is 0.0145. The first-order valence-electron chi connectivity index (χ1n) is 8.37. The maximum atomic E-state index is 12.0. The van der Waals surface area contributed by atoms with Gasteiger partial charge in [0.2, 0.25) is 5.91 Å². The zero-order chi connectivity index (χ0) is 16.8. The Labute approximate surface area is 147 Å². The van der Waals surface area contributed by atoms with E-state index in [4.69, 9.17) is 16.3 Å². The van der Waals surface area contributed by atoms with Gasteiger partial charge in [-0.1, -0.05) is 23.7 Å². The van der Waals surface area contributed by atoms with Gasteiger partial charge in [-0.2, -0.15) is 5.10 Å². The van der Waals surface area contributed by atoms with Crippen molar-refractivity contribution in [2.45, 2.75) is 44.8 Å². The van der Waals surface area contributed by atoms with E-state index >= 15 is 0 Å². The lowest BCUT2D eigenvalue weighted by atomic mass is 10.1. The molecule has 2 heterocycles. The second-order valence-electron chi connectivity index (χ2n) is 6.11. The van der Waals surface area contributed by atoms with E-state index in [1.807, 2.05) is 35.1 Å². The maximum Gasteiger partial charge on any atom is 0.224 e. The van der Waals surface area contributed by atoms with Gasteiger partial charge in [0.25, 0.3) is 0 Å². The Hall–Kier alpha value is -1.85. The van der Waals surface area contributed by atoms with Gasteiger partial charge < -0.3 is 10.1 Å². The van der Waals surface area contributed by atoms with Crippen LogP contribution in [0.15, 0.2) is 36.7 Å². The van der Waals surface area contributed by atoms with Crippen LogP contribution in [-0.2, 0) is 22.5 Å². The van der Waals surface area contributed by atoms with Gasteiger partial charge >= 0.3 is 0 Å². The molecule has 1 aromatic carbocycles. The van der Waals surface area contributed by atoms with Crippen LogP contribution in [0.5, 0.6) is 0 Å². The number of aromatic nitrogens is 2. The molecule has 1 saturated heterocycles. The minimum atomic E-state index is 0.0145. The van der Waals surface area contributed by atoms with Crippen molar-refractivity contribution in [2.24, 2.45) is 0 Å². The van der Waals surface area contributed by atoms with Crippen LogP contribution < -0.4 is 5.32 Å². The second kappa shape index (κ2) is 8.31. The van der Waals surface area contributed by atoms with E-state index in [0.29, 0.717) is 6.42 Å². The van der Waals surface area contributed by atoms with Gasteiger partial charge in [0.05, 0.1) is 24.5 Å². The molecule has 0 saturated carbocycles. The molecule has 128 valence electrons. The fourth-order valence-corrected chi connectivity index (χ4v) is 2.98. The molecule has 3 rings (SSSR count). The van der Waals surface area contributed by atoms with Crippen molar-refractivity contribution < 1.29 is 9.53 Å². The van der Waals surface area contributed by atoms with E-state index in [2.05, 4.69) is 10.4 Å². The van der Waals surface area contributed by atoms with Crippen LogP contribution in [0.3, 0.4) is 0 Å². The van der Waals surface area contributed by atoms with E-state index in [9.17, 15) is 4.79 Å². The molecule has 6 heteroatoms. The molecule has 1 unspecified atom stereocenters. The highest BCUT2D eigenvalue weighted by Crippen LogP contribution is 2.15. The van der Waals surface area contributed by atoms with Gasteiger partial charge in [-0.25, -0.2) is 0 Å². The van der Waals surface area contributed by atoms with Crippen molar-refractivity contribution >= 4 is 23.2 Å². The molecule has 0 bridgehead atoms. The lowest BCUT2D eigenvalue weighted by Crippen LogP contribution is -2.15. The van der Waals surface area contributed by atoms with Gasteiger partial charge in [-0.05, 0) is 43.4 Å². The fourth-order valence-electron chi connectivity index (χ4n) is 2.85. The molecule has 24 heavy (non-hydrogen) atoms. The molecule has 0 spiro atoms. The summed E-state index contributed by atoms with van der Waals surface area (Å²) in [7, 11) is 0. The Kier molecular flexibility index (Phi) is 5.88. The molecular formula is C18H22ClN3O2. The number of benzene rings is 1. The third kappa shape index (κ3) is 5.08. The van der Waals surface area contributed by atoms with E-state index < -0.39 is 0 Å². The zero-order valence-electron chi connectivity index (χ0n) is 13.6. The van der Waals surface area contributed by atoms with Crippen LogP contribution in [-0.4, -0.2) is 28.4 Å². The van der Waals surface area contributed by atoms with Gasteiger partial charge in [-0.3, -0.25) is 9.48 Å². The Morgan fingerprint density at radius 1 is 1.38 bits per heavy atom. The lowest BCUT2D eigenvalue weighted by Gasteiger charge is -2.08. The number of ether oxygens (including phenoxy) is 1. The Morgan fingerprint density at radius 2 is 2.21 bits per heavy atom. The largest absolute Gasteiger partial charge is 0.376 e. The quantitative estimate of drug-likeness (QED) is 0.831. The van der Waals surface area contributed by atoms with E-state index in [1.54, 1.807) is 6.20 Å². The molecule has 1 aromatic heterocycles. The Balaban J connectivity index is 1.39. The van der Waals surface area contributed by atoms with E-state index in [0.717, 1.165) is 49.5 Å². The number of amides is 1. The number of halogens is 1. The second-order valence-corrected chi connectivity index (χ2v) is 6.55.